The number of aliphatic imine (C=N–C) groups is 1. The van der Waals surface area contributed by atoms with Gasteiger partial charge in [0.05, 0.1) is 0 Å². The average Bonchev–Trinajstić information content (AvgIpc) is 3.22. The summed E-state index contributed by atoms with van der Waals surface area (Å²) in [5.74, 6) is 1.07. The average molecular weight is 528 g/mol. The van der Waals surface area contributed by atoms with Crippen LogP contribution in [-0.2, 0) is 16.1 Å². The molecule has 2 N–H and O–H groups in total. The molecule has 1 saturated carbocycles. The molecule has 1 aliphatic heterocycles. The van der Waals surface area contributed by atoms with Crippen LogP contribution in [0.15, 0.2) is 29.3 Å². The van der Waals surface area contributed by atoms with Gasteiger partial charge in [-0.2, -0.15) is 0 Å². The van der Waals surface area contributed by atoms with Crippen LogP contribution in [0.25, 0.3) is 0 Å². The SMILES string of the molecule is CN=C(NCc1ccc(N2CCCCC2=O)cc1)NCC1(CCOC)CCCC1.I. The fourth-order valence-electron chi connectivity index (χ4n) is 4.51. The summed E-state index contributed by atoms with van der Waals surface area (Å²) in [4.78, 5) is 18.4. The van der Waals surface area contributed by atoms with E-state index >= 15 is 0 Å². The molecular weight excluding hydrogens is 491 g/mol. The monoisotopic (exact) mass is 528 g/mol. The summed E-state index contributed by atoms with van der Waals surface area (Å²) in [5.41, 5.74) is 2.51. The van der Waals surface area contributed by atoms with Crippen LogP contribution >= 0.6 is 24.0 Å². The maximum atomic E-state index is 12.1. The molecule has 0 bridgehead atoms. The standard InChI is InChI=1S/C23H36N4O2.HI/c1-24-22(26-18-23(14-16-29-2)12-4-5-13-23)25-17-19-8-10-20(11-9-19)27-15-6-3-7-21(27)28;/h8-11H,3-7,12-18H2,1-2H3,(H2,24,25,26);1H. The van der Waals surface area contributed by atoms with Gasteiger partial charge < -0.3 is 20.3 Å². The van der Waals surface area contributed by atoms with E-state index in [1.54, 1.807) is 7.11 Å². The molecule has 0 atom stereocenters. The number of methoxy groups -OCH3 is 1. The van der Waals surface area contributed by atoms with E-state index in [0.29, 0.717) is 18.4 Å². The number of hydrogen-bond acceptors (Lipinski definition) is 3. The Kier molecular flexibility index (Phi) is 10.4. The van der Waals surface area contributed by atoms with Crippen molar-refractivity contribution < 1.29 is 9.53 Å². The van der Waals surface area contributed by atoms with Crippen LogP contribution in [0.3, 0.4) is 0 Å². The predicted octanol–water partition coefficient (Wildman–Crippen LogP) is 4.08. The van der Waals surface area contributed by atoms with E-state index in [0.717, 1.165) is 50.6 Å². The van der Waals surface area contributed by atoms with Gasteiger partial charge in [-0.05, 0) is 55.2 Å². The largest absolute Gasteiger partial charge is 0.385 e. The summed E-state index contributed by atoms with van der Waals surface area (Å²) in [6, 6.07) is 8.28. The molecule has 0 aromatic heterocycles. The summed E-state index contributed by atoms with van der Waals surface area (Å²) in [7, 11) is 3.60. The summed E-state index contributed by atoms with van der Waals surface area (Å²) in [6.45, 7) is 3.29. The lowest BCUT2D eigenvalue weighted by Crippen LogP contribution is -2.43. The Hall–Kier alpha value is -1.35. The van der Waals surface area contributed by atoms with E-state index in [9.17, 15) is 4.79 Å². The van der Waals surface area contributed by atoms with Crippen molar-refractivity contribution in [3.8, 4) is 0 Å². The first-order valence-electron chi connectivity index (χ1n) is 11.0. The van der Waals surface area contributed by atoms with Crippen LogP contribution in [0.5, 0.6) is 0 Å². The topological polar surface area (TPSA) is 66.0 Å². The predicted molar refractivity (Wildman–Crippen MR) is 134 cm³/mol. The molecule has 0 unspecified atom stereocenters. The summed E-state index contributed by atoms with van der Waals surface area (Å²) in [6.07, 6.45) is 9.00. The maximum Gasteiger partial charge on any atom is 0.226 e. The number of guanidine groups is 1. The van der Waals surface area contributed by atoms with Crippen molar-refractivity contribution in [3.05, 3.63) is 29.8 Å². The molecule has 6 nitrogen and oxygen atoms in total. The minimum Gasteiger partial charge on any atom is -0.385 e. The van der Waals surface area contributed by atoms with Crippen molar-refractivity contribution in [2.24, 2.45) is 10.4 Å². The number of halogens is 1. The molecule has 168 valence electrons. The Bertz CT molecular complexity index is 687. The Morgan fingerprint density at radius 2 is 1.87 bits per heavy atom. The first kappa shape index (κ1) is 24.9. The number of anilines is 1. The van der Waals surface area contributed by atoms with Gasteiger partial charge in [-0.3, -0.25) is 9.79 Å². The highest BCUT2D eigenvalue weighted by Crippen LogP contribution is 2.40. The number of nitrogens with one attached hydrogen (secondary N) is 2. The van der Waals surface area contributed by atoms with Crippen LogP contribution in [0, 0.1) is 5.41 Å². The molecule has 0 spiro atoms. The number of piperidine rings is 1. The third kappa shape index (κ3) is 6.83. The van der Waals surface area contributed by atoms with E-state index in [4.69, 9.17) is 4.74 Å². The molecule has 7 heteroatoms. The lowest BCUT2D eigenvalue weighted by Gasteiger charge is -2.30. The van der Waals surface area contributed by atoms with Gasteiger partial charge in [0.1, 0.15) is 0 Å². The molecule has 1 aliphatic carbocycles. The molecule has 1 aromatic carbocycles. The molecule has 1 saturated heterocycles. The van der Waals surface area contributed by atoms with E-state index in [1.165, 1.54) is 31.2 Å². The van der Waals surface area contributed by atoms with Crippen LogP contribution < -0.4 is 15.5 Å². The fourth-order valence-corrected chi connectivity index (χ4v) is 4.51. The van der Waals surface area contributed by atoms with Crippen molar-refractivity contribution in [2.75, 3.05) is 38.8 Å². The second-order valence-corrected chi connectivity index (χ2v) is 8.40. The van der Waals surface area contributed by atoms with Crippen molar-refractivity contribution in [1.82, 2.24) is 10.6 Å². The molecule has 0 radical (unpaired) electrons. The molecule has 1 amide bonds. The Balaban J connectivity index is 0.00000320. The van der Waals surface area contributed by atoms with Gasteiger partial charge in [0, 0.05) is 52.5 Å². The number of nitrogens with zero attached hydrogens (tertiary/aromatic N) is 2. The summed E-state index contributed by atoms with van der Waals surface area (Å²) >= 11 is 0. The molecule has 3 rings (SSSR count). The zero-order valence-electron chi connectivity index (χ0n) is 18.4. The van der Waals surface area contributed by atoms with Gasteiger partial charge in [-0.25, -0.2) is 0 Å². The minimum atomic E-state index is 0. The first-order chi connectivity index (χ1) is 14.2. The van der Waals surface area contributed by atoms with Crippen LogP contribution in [0.2, 0.25) is 0 Å². The van der Waals surface area contributed by atoms with E-state index in [-0.39, 0.29) is 29.9 Å². The van der Waals surface area contributed by atoms with E-state index < -0.39 is 0 Å². The normalized spacial score (nSPS) is 18.8. The lowest BCUT2D eigenvalue weighted by atomic mass is 9.83. The minimum absolute atomic E-state index is 0. The van der Waals surface area contributed by atoms with Crippen molar-refractivity contribution in [2.45, 2.75) is 57.9 Å². The van der Waals surface area contributed by atoms with Gasteiger partial charge in [0.25, 0.3) is 0 Å². The summed E-state index contributed by atoms with van der Waals surface area (Å²) < 4.78 is 5.33. The number of ether oxygens (including phenoxy) is 1. The Labute approximate surface area is 198 Å². The molecule has 1 aromatic rings. The second-order valence-electron chi connectivity index (χ2n) is 8.40. The van der Waals surface area contributed by atoms with Crippen molar-refractivity contribution >= 4 is 41.5 Å². The van der Waals surface area contributed by atoms with Gasteiger partial charge in [-0.15, -0.1) is 24.0 Å². The number of carbonyl (C=O) groups is 1. The Morgan fingerprint density at radius 1 is 1.13 bits per heavy atom. The molecule has 2 aliphatic rings. The number of carbonyl (C=O) groups excluding carboxylic acids is 1. The number of benzene rings is 1. The molecule has 2 fully saturated rings. The molecule has 1 heterocycles. The van der Waals surface area contributed by atoms with Crippen LogP contribution in [0.1, 0.15) is 56.9 Å². The quantitative estimate of drug-likeness (QED) is 0.303. The highest BCUT2D eigenvalue weighted by Gasteiger charge is 2.33. The third-order valence-electron chi connectivity index (χ3n) is 6.39. The number of amides is 1. The smallest absolute Gasteiger partial charge is 0.226 e. The highest BCUT2D eigenvalue weighted by atomic mass is 127. The van der Waals surface area contributed by atoms with Gasteiger partial charge in [-0.1, -0.05) is 25.0 Å². The maximum absolute atomic E-state index is 12.1. The highest BCUT2D eigenvalue weighted by molar-refractivity contribution is 14.0. The zero-order valence-corrected chi connectivity index (χ0v) is 20.7. The third-order valence-corrected chi connectivity index (χ3v) is 6.39. The molecule has 30 heavy (non-hydrogen) atoms. The van der Waals surface area contributed by atoms with E-state index in [2.05, 4.69) is 39.9 Å². The van der Waals surface area contributed by atoms with E-state index in [1.807, 2.05) is 11.9 Å². The van der Waals surface area contributed by atoms with Crippen LogP contribution in [0.4, 0.5) is 5.69 Å². The first-order valence-corrected chi connectivity index (χ1v) is 11.0. The second kappa shape index (κ2) is 12.5. The van der Waals surface area contributed by atoms with Gasteiger partial charge in [0.15, 0.2) is 5.96 Å². The fraction of sp³-hybridized carbons (Fsp3) is 0.652. The van der Waals surface area contributed by atoms with Gasteiger partial charge >= 0.3 is 0 Å². The summed E-state index contributed by atoms with van der Waals surface area (Å²) in [5, 5.41) is 6.95. The van der Waals surface area contributed by atoms with Crippen molar-refractivity contribution in [3.63, 3.8) is 0 Å². The lowest BCUT2D eigenvalue weighted by molar-refractivity contribution is -0.119. The molecular formula is C23H37IN4O2. The number of hydrogen-bond donors (Lipinski definition) is 2. The Morgan fingerprint density at radius 3 is 2.50 bits per heavy atom. The van der Waals surface area contributed by atoms with Gasteiger partial charge in [0.2, 0.25) is 5.91 Å². The number of rotatable bonds is 8. The van der Waals surface area contributed by atoms with Crippen LogP contribution in [-0.4, -0.2) is 45.7 Å². The van der Waals surface area contributed by atoms with Crippen molar-refractivity contribution in [1.29, 1.82) is 0 Å². The zero-order chi connectivity index (χ0) is 20.5.